The number of hydrogen-bond donors (Lipinski definition) is 0. The normalized spacial score (nSPS) is 17.5. The molecule has 0 spiro atoms. The molecule has 0 bridgehead atoms. The molecule has 35 heavy (non-hydrogen) atoms. The molecule has 2 heterocycles. The summed E-state index contributed by atoms with van der Waals surface area (Å²) >= 11 is 0. The highest BCUT2D eigenvalue weighted by molar-refractivity contribution is 6.30. The highest BCUT2D eigenvalue weighted by Crippen LogP contribution is 2.42. The van der Waals surface area contributed by atoms with Crippen LogP contribution in [0.15, 0.2) is 42.6 Å². The molecule has 1 aliphatic heterocycles. The fourth-order valence-corrected chi connectivity index (χ4v) is 6.03. The Morgan fingerprint density at radius 2 is 1.69 bits per heavy atom. The maximum atomic E-state index is 6.24. The third-order valence-corrected chi connectivity index (χ3v) is 8.72. The number of fused-ring (bicyclic) bond motifs is 1. The Balaban J connectivity index is 1.56. The van der Waals surface area contributed by atoms with Crippen LogP contribution < -0.4 is 13.9 Å². The minimum absolute atomic E-state index is 0.118. The van der Waals surface area contributed by atoms with Crippen LogP contribution in [-0.2, 0) is 0 Å². The summed E-state index contributed by atoms with van der Waals surface area (Å²) in [6.07, 6.45) is 15.2. The number of unbranched alkanes of at least 4 members (excludes halogenated alkanes) is 5. The predicted octanol–water partition coefficient (Wildman–Crippen LogP) is 8.20. The first-order valence-electron chi connectivity index (χ1n) is 14.1. The number of benzene rings is 1. The maximum Gasteiger partial charge on any atom is 0.241 e. The van der Waals surface area contributed by atoms with Gasteiger partial charge in [-0.25, -0.2) is 4.98 Å². The van der Waals surface area contributed by atoms with Crippen molar-refractivity contribution in [1.29, 1.82) is 0 Å². The lowest BCUT2D eigenvalue weighted by Crippen LogP contribution is -2.17. The minimum Gasteiger partial charge on any atom is -0.536 e. The average Bonchev–Trinajstić information content (AvgIpc) is 3.29. The first kappa shape index (κ1) is 27.6. The summed E-state index contributed by atoms with van der Waals surface area (Å²) in [7, 11) is -0.663. The Hall–Kier alpha value is -2.01. The molecule has 0 saturated carbocycles. The van der Waals surface area contributed by atoms with Crippen LogP contribution in [-0.4, -0.2) is 21.0 Å². The number of rotatable bonds is 17. The number of aromatic nitrogens is 1. The van der Waals surface area contributed by atoms with Gasteiger partial charge in [-0.3, -0.25) is 0 Å². The Labute approximate surface area is 216 Å². The summed E-state index contributed by atoms with van der Waals surface area (Å²) in [6, 6.07) is 12.6. The summed E-state index contributed by atoms with van der Waals surface area (Å²) in [5, 5.41) is 0. The number of nitrogens with zero attached hydrogens (tertiary/aromatic N) is 1. The zero-order valence-corrected chi connectivity index (χ0v) is 23.9. The second kappa shape index (κ2) is 15.2. The summed E-state index contributed by atoms with van der Waals surface area (Å²) in [4.78, 5) is 4.31. The van der Waals surface area contributed by atoms with E-state index in [0.29, 0.717) is 17.4 Å². The van der Waals surface area contributed by atoms with Crippen LogP contribution in [0.5, 0.6) is 17.4 Å². The largest absolute Gasteiger partial charge is 0.536 e. The molecule has 0 saturated heterocycles. The van der Waals surface area contributed by atoms with Gasteiger partial charge >= 0.3 is 0 Å². The molecular formula is C30H47NO3Si. The van der Waals surface area contributed by atoms with Gasteiger partial charge < -0.3 is 13.9 Å². The third-order valence-electron chi connectivity index (χ3n) is 7.28. The quantitative estimate of drug-likeness (QED) is 0.163. The van der Waals surface area contributed by atoms with E-state index in [4.69, 9.17) is 13.9 Å². The molecule has 4 atom stereocenters. The molecule has 3 rings (SSSR count). The smallest absolute Gasteiger partial charge is 0.241 e. The van der Waals surface area contributed by atoms with Crippen molar-refractivity contribution in [3.8, 4) is 17.4 Å². The Morgan fingerprint density at radius 3 is 2.46 bits per heavy atom. The van der Waals surface area contributed by atoms with Crippen LogP contribution >= 0.6 is 0 Å². The molecule has 5 heteroatoms. The van der Waals surface area contributed by atoms with Crippen molar-refractivity contribution in [2.24, 2.45) is 5.92 Å². The molecule has 0 N–H and O–H groups in total. The van der Waals surface area contributed by atoms with E-state index in [-0.39, 0.29) is 6.29 Å². The molecule has 4 nitrogen and oxygen atoms in total. The molecule has 0 aliphatic carbocycles. The summed E-state index contributed by atoms with van der Waals surface area (Å²) in [5.41, 5.74) is 2.02. The monoisotopic (exact) mass is 497 g/mol. The molecule has 1 aromatic carbocycles. The van der Waals surface area contributed by atoms with Crippen LogP contribution in [0.1, 0.15) is 110 Å². The van der Waals surface area contributed by atoms with Crippen molar-refractivity contribution in [2.75, 3.05) is 0 Å². The zero-order valence-electron chi connectivity index (χ0n) is 22.5. The number of ether oxygens (including phenoxy) is 2. The van der Waals surface area contributed by atoms with E-state index in [9.17, 15) is 0 Å². The van der Waals surface area contributed by atoms with Crippen LogP contribution in [0.25, 0.3) is 0 Å². The van der Waals surface area contributed by atoms with Gasteiger partial charge in [0.2, 0.25) is 16.1 Å². The first-order chi connectivity index (χ1) is 17.1. The van der Waals surface area contributed by atoms with Crippen molar-refractivity contribution >= 4 is 9.76 Å². The average molecular weight is 498 g/mol. The molecule has 0 fully saturated rings. The van der Waals surface area contributed by atoms with Crippen molar-refractivity contribution in [1.82, 2.24) is 4.98 Å². The maximum absolute atomic E-state index is 6.24. The van der Waals surface area contributed by atoms with Gasteiger partial charge in [0.1, 0.15) is 0 Å². The van der Waals surface area contributed by atoms with Crippen molar-refractivity contribution < 1.29 is 13.9 Å². The summed E-state index contributed by atoms with van der Waals surface area (Å²) < 4.78 is 18.4. The van der Waals surface area contributed by atoms with E-state index in [1.54, 1.807) is 6.20 Å². The Bertz CT molecular complexity index is 847. The van der Waals surface area contributed by atoms with Gasteiger partial charge in [0, 0.05) is 12.6 Å². The standard InChI is InChI=1S/C30H47NO3Si/c1-5-7-9-10-11-16-30-32-27-20-18-25(22-28(27)33-30)26(23(3)14-8-6-2)19-17-24(4)35-34-29-15-12-13-21-31-29/h12-13,15,18,20-24,26,30H,5-11,14,16-17,19,35H2,1-4H3. The van der Waals surface area contributed by atoms with E-state index in [2.05, 4.69) is 50.9 Å². The van der Waals surface area contributed by atoms with Crippen molar-refractivity contribution in [3.05, 3.63) is 48.2 Å². The lowest BCUT2D eigenvalue weighted by molar-refractivity contribution is 0.0395. The molecule has 4 unspecified atom stereocenters. The van der Waals surface area contributed by atoms with Gasteiger partial charge in [0.25, 0.3) is 0 Å². The fourth-order valence-electron chi connectivity index (χ4n) is 5.00. The fraction of sp³-hybridized carbons (Fsp3) is 0.633. The van der Waals surface area contributed by atoms with E-state index < -0.39 is 9.76 Å². The van der Waals surface area contributed by atoms with Crippen LogP contribution in [0.2, 0.25) is 5.54 Å². The molecule has 0 amide bonds. The minimum atomic E-state index is -0.663. The second-order valence-electron chi connectivity index (χ2n) is 10.5. The number of pyridine rings is 1. The lowest BCUT2D eigenvalue weighted by Gasteiger charge is -2.26. The molecule has 1 aromatic heterocycles. The molecule has 0 radical (unpaired) electrons. The van der Waals surface area contributed by atoms with Gasteiger partial charge in [0.15, 0.2) is 17.4 Å². The van der Waals surface area contributed by atoms with E-state index in [1.165, 1.54) is 69.8 Å². The van der Waals surface area contributed by atoms with Crippen molar-refractivity contribution in [3.63, 3.8) is 0 Å². The van der Waals surface area contributed by atoms with Crippen LogP contribution in [0.3, 0.4) is 0 Å². The Kier molecular flexibility index (Phi) is 12.0. The topological polar surface area (TPSA) is 40.6 Å². The van der Waals surface area contributed by atoms with Crippen molar-refractivity contribution in [2.45, 2.75) is 116 Å². The number of hydrogen-bond acceptors (Lipinski definition) is 4. The molecule has 194 valence electrons. The predicted molar refractivity (Wildman–Crippen MR) is 148 cm³/mol. The van der Waals surface area contributed by atoms with E-state index in [0.717, 1.165) is 23.8 Å². The van der Waals surface area contributed by atoms with Gasteiger partial charge in [-0.15, -0.1) is 0 Å². The van der Waals surface area contributed by atoms with Gasteiger partial charge in [-0.2, -0.15) is 0 Å². The highest BCUT2D eigenvalue weighted by Gasteiger charge is 2.27. The van der Waals surface area contributed by atoms with Gasteiger partial charge in [-0.05, 0) is 66.5 Å². The molecular weight excluding hydrogens is 450 g/mol. The lowest BCUT2D eigenvalue weighted by atomic mass is 9.81. The highest BCUT2D eigenvalue weighted by atomic mass is 28.2. The Morgan fingerprint density at radius 1 is 0.886 bits per heavy atom. The van der Waals surface area contributed by atoms with Crippen LogP contribution in [0.4, 0.5) is 0 Å². The SMILES string of the molecule is CCCCCCCC1Oc2ccc(C(CCC(C)[SiH2]Oc3ccccn3)C(C)CCCC)cc2O1. The molecule has 1 aliphatic rings. The van der Waals surface area contributed by atoms with E-state index in [1.807, 2.05) is 18.2 Å². The first-order valence-corrected chi connectivity index (χ1v) is 15.5. The van der Waals surface area contributed by atoms with Gasteiger partial charge in [0.05, 0.1) is 0 Å². The summed E-state index contributed by atoms with van der Waals surface area (Å²) in [5.74, 6) is 3.81. The zero-order chi connectivity index (χ0) is 24.9. The second-order valence-corrected chi connectivity index (χ2v) is 12.5. The van der Waals surface area contributed by atoms with Gasteiger partial charge in [-0.1, -0.05) is 84.8 Å². The third kappa shape index (κ3) is 9.18. The summed E-state index contributed by atoms with van der Waals surface area (Å²) in [6.45, 7) is 9.31. The van der Waals surface area contributed by atoms with E-state index >= 15 is 0 Å². The molecule has 2 aromatic rings. The van der Waals surface area contributed by atoms with Crippen LogP contribution in [0, 0.1) is 5.92 Å².